The molecule has 0 saturated carbocycles. The number of nitro benzene ring substituents is 1. The number of rotatable bonds is 6. The van der Waals surface area contributed by atoms with Gasteiger partial charge < -0.3 is 10.1 Å². The van der Waals surface area contributed by atoms with E-state index in [1.165, 1.54) is 18.2 Å². The number of nitrogens with zero attached hydrogens (tertiary/aromatic N) is 1. The molecule has 2 aromatic carbocycles. The third kappa shape index (κ3) is 4.10. The summed E-state index contributed by atoms with van der Waals surface area (Å²) >= 11 is 0. The van der Waals surface area contributed by atoms with E-state index >= 15 is 0 Å². The van der Waals surface area contributed by atoms with Gasteiger partial charge in [-0.2, -0.15) is 0 Å². The lowest BCUT2D eigenvalue weighted by Gasteiger charge is -2.14. The van der Waals surface area contributed by atoms with Crippen molar-refractivity contribution in [2.45, 2.75) is 27.2 Å². The zero-order valence-electron chi connectivity index (χ0n) is 14.0. The van der Waals surface area contributed by atoms with Crippen LogP contribution in [0, 0.1) is 24.0 Å². The van der Waals surface area contributed by atoms with Crippen molar-refractivity contribution < 1.29 is 14.5 Å². The van der Waals surface area contributed by atoms with Gasteiger partial charge in [-0.15, -0.1) is 0 Å². The van der Waals surface area contributed by atoms with Crippen LogP contribution >= 0.6 is 0 Å². The lowest BCUT2D eigenvalue weighted by molar-refractivity contribution is -0.384. The summed E-state index contributed by atoms with van der Waals surface area (Å²) in [5.74, 6) is 0.188. The Hall–Kier alpha value is -2.89. The molecule has 2 rings (SSSR count). The Morgan fingerprint density at radius 1 is 1.21 bits per heavy atom. The van der Waals surface area contributed by atoms with Gasteiger partial charge in [0.15, 0.2) is 6.61 Å². The van der Waals surface area contributed by atoms with Crippen molar-refractivity contribution >= 4 is 17.3 Å². The van der Waals surface area contributed by atoms with Crippen molar-refractivity contribution in [1.29, 1.82) is 0 Å². The fraction of sp³-hybridized carbons (Fsp3) is 0.278. The van der Waals surface area contributed by atoms with Crippen molar-refractivity contribution in [3.63, 3.8) is 0 Å². The van der Waals surface area contributed by atoms with Gasteiger partial charge in [0.05, 0.1) is 4.92 Å². The smallest absolute Gasteiger partial charge is 0.269 e. The molecule has 0 aliphatic carbocycles. The number of carbonyl (C=O) groups excluding carboxylic acids is 1. The van der Waals surface area contributed by atoms with E-state index in [0.717, 1.165) is 23.2 Å². The van der Waals surface area contributed by atoms with Crippen LogP contribution < -0.4 is 10.1 Å². The van der Waals surface area contributed by atoms with Gasteiger partial charge in [0, 0.05) is 17.8 Å². The first-order valence-electron chi connectivity index (χ1n) is 7.68. The first kappa shape index (κ1) is 17.5. The van der Waals surface area contributed by atoms with E-state index in [4.69, 9.17) is 4.74 Å². The molecular weight excluding hydrogens is 308 g/mol. The molecule has 1 N–H and O–H groups in total. The van der Waals surface area contributed by atoms with Crippen LogP contribution in [0.2, 0.25) is 0 Å². The van der Waals surface area contributed by atoms with Gasteiger partial charge in [-0.3, -0.25) is 14.9 Å². The third-order valence-electron chi connectivity index (χ3n) is 3.73. The van der Waals surface area contributed by atoms with Crippen molar-refractivity contribution in [3.05, 3.63) is 63.2 Å². The Balaban J connectivity index is 2.03. The molecule has 6 nitrogen and oxygen atoms in total. The van der Waals surface area contributed by atoms with E-state index in [-0.39, 0.29) is 18.2 Å². The second-order valence-corrected chi connectivity index (χ2v) is 5.51. The molecular formula is C18H20N2O4. The van der Waals surface area contributed by atoms with Crippen LogP contribution in [0.25, 0.3) is 0 Å². The fourth-order valence-corrected chi connectivity index (χ4v) is 2.43. The summed E-state index contributed by atoms with van der Waals surface area (Å²) in [6.07, 6.45) is 0.819. The summed E-state index contributed by atoms with van der Waals surface area (Å²) in [4.78, 5) is 22.4. The number of amides is 1. The number of hydrogen-bond acceptors (Lipinski definition) is 4. The molecule has 0 atom stereocenters. The molecule has 2 aromatic rings. The Morgan fingerprint density at radius 3 is 2.58 bits per heavy atom. The summed E-state index contributed by atoms with van der Waals surface area (Å²) in [6.45, 7) is 5.52. The zero-order chi connectivity index (χ0) is 17.7. The van der Waals surface area contributed by atoms with E-state index in [0.29, 0.717) is 11.3 Å². The average molecular weight is 328 g/mol. The predicted octanol–water partition coefficient (Wildman–Crippen LogP) is 3.79. The average Bonchev–Trinajstić information content (AvgIpc) is 2.55. The summed E-state index contributed by atoms with van der Waals surface area (Å²) in [5.41, 5.74) is 3.48. The van der Waals surface area contributed by atoms with Crippen molar-refractivity contribution in [2.75, 3.05) is 11.9 Å². The van der Waals surface area contributed by atoms with E-state index in [1.54, 1.807) is 6.92 Å². The molecule has 0 radical (unpaired) electrons. The maximum atomic E-state index is 12.1. The summed E-state index contributed by atoms with van der Waals surface area (Å²) < 4.78 is 5.48. The van der Waals surface area contributed by atoms with Crippen LogP contribution in [0.1, 0.15) is 23.6 Å². The van der Waals surface area contributed by atoms with Gasteiger partial charge >= 0.3 is 0 Å². The fourth-order valence-electron chi connectivity index (χ4n) is 2.43. The van der Waals surface area contributed by atoms with Gasteiger partial charge in [0.25, 0.3) is 11.6 Å². The van der Waals surface area contributed by atoms with Gasteiger partial charge in [-0.1, -0.05) is 25.1 Å². The Bertz CT molecular complexity index is 772. The molecule has 0 aromatic heterocycles. The molecule has 1 amide bonds. The zero-order valence-corrected chi connectivity index (χ0v) is 14.0. The van der Waals surface area contributed by atoms with Crippen LogP contribution in [0.3, 0.4) is 0 Å². The minimum Gasteiger partial charge on any atom is -0.483 e. The highest BCUT2D eigenvalue weighted by Gasteiger charge is 2.12. The quantitative estimate of drug-likeness (QED) is 0.646. The van der Waals surface area contributed by atoms with E-state index in [1.807, 2.05) is 32.0 Å². The number of non-ortho nitro benzene ring substituents is 1. The number of para-hydroxylation sites is 1. The molecule has 0 saturated heterocycles. The molecule has 6 heteroatoms. The van der Waals surface area contributed by atoms with E-state index < -0.39 is 4.92 Å². The lowest BCUT2D eigenvalue weighted by Crippen LogP contribution is -2.21. The van der Waals surface area contributed by atoms with E-state index in [2.05, 4.69) is 5.32 Å². The highest BCUT2D eigenvalue weighted by atomic mass is 16.6. The van der Waals surface area contributed by atoms with Gasteiger partial charge in [-0.05, 0) is 43.0 Å². The predicted molar refractivity (Wildman–Crippen MR) is 92.5 cm³/mol. The standard InChI is InChI=1S/C18H20N2O4/c1-4-14-7-5-6-12(2)18(14)19-17(21)11-24-16-9-8-15(20(22)23)10-13(16)3/h5-10H,4,11H2,1-3H3,(H,19,21). The normalized spacial score (nSPS) is 10.3. The molecule has 0 aliphatic rings. The Morgan fingerprint density at radius 2 is 1.96 bits per heavy atom. The van der Waals surface area contributed by atoms with Crippen LogP contribution in [0.15, 0.2) is 36.4 Å². The number of benzene rings is 2. The monoisotopic (exact) mass is 328 g/mol. The number of aryl methyl sites for hydroxylation is 3. The van der Waals surface area contributed by atoms with Crippen LogP contribution in [-0.4, -0.2) is 17.4 Å². The van der Waals surface area contributed by atoms with Crippen LogP contribution in [-0.2, 0) is 11.2 Å². The molecule has 0 fully saturated rings. The highest BCUT2D eigenvalue weighted by molar-refractivity contribution is 5.93. The molecule has 0 bridgehead atoms. The van der Waals surface area contributed by atoms with Crippen molar-refractivity contribution in [3.8, 4) is 5.75 Å². The number of ether oxygens (including phenoxy) is 1. The number of nitro groups is 1. The number of hydrogen-bond donors (Lipinski definition) is 1. The number of carbonyl (C=O) groups is 1. The second kappa shape index (κ2) is 7.59. The molecule has 0 unspecified atom stereocenters. The van der Waals surface area contributed by atoms with Gasteiger partial charge in [0.1, 0.15) is 5.75 Å². The second-order valence-electron chi connectivity index (χ2n) is 5.51. The summed E-state index contributed by atoms with van der Waals surface area (Å²) in [7, 11) is 0. The molecule has 0 heterocycles. The third-order valence-corrected chi connectivity index (χ3v) is 3.73. The first-order chi connectivity index (χ1) is 11.4. The minimum atomic E-state index is -0.464. The molecule has 24 heavy (non-hydrogen) atoms. The lowest BCUT2D eigenvalue weighted by atomic mass is 10.1. The van der Waals surface area contributed by atoms with Crippen molar-refractivity contribution in [2.24, 2.45) is 0 Å². The van der Waals surface area contributed by atoms with Crippen LogP contribution in [0.4, 0.5) is 11.4 Å². The minimum absolute atomic E-state index is 0.00296. The maximum absolute atomic E-state index is 12.1. The van der Waals surface area contributed by atoms with Crippen molar-refractivity contribution in [1.82, 2.24) is 0 Å². The summed E-state index contributed by atoms with van der Waals surface area (Å²) in [5, 5.41) is 13.6. The summed E-state index contributed by atoms with van der Waals surface area (Å²) in [6, 6.07) is 10.2. The topological polar surface area (TPSA) is 81.5 Å². The largest absolute Gasteiger partial charge is 0.483 e. The highest BCUT2D eigenvalue weighted by Crippen LogP contribution is 2.24. The first-order valence-corrected chi connectivity index (χ1v) is 7.68. The van der Waals surface area contributed by atoms with Crippen LogP contribution in [0.5, 0.6) is 5.75 Å². The van der Waals surface area contributed by atoms with Gasteiger partial charge in [-0.25, -0.2) is 0 Å². The SMILES string of the molecule is CCc1cccc(C)c1NC(=O)COc1ccc([N+](=O)[O-])cc1C. The maximum Gasteiger partial charge on any atom is 0.269 e. The Labute approximate surface area is 140 Å². The Kier molecular flexibility index (Phi) is 5.52. The number of nitrogens with one attached hydrogen (secondary N) is 1. The van der Waals surface area contributed by atoms with Gasteiger partial charge in [0.2, 0.25) is 0 Å². The molecule has 126 valence electrons. The number of anilines is 1. The van der Waals surface area contributed by atoms with E-state index in [9.17, 15) is 14.9 Å². The molecule has 0 aliphatic heterocycles. The molecule has 0 spiro atoms.